The van der Waals surface area contributed by atoms with Crippen molar-refractivity contribution < 1.29 is 4.79 Å². The fourth-order valence-electron chi connectivity index (χ4n) is 2.72. The highest BCUT2D eigenvalue weighted by molar-refractivity contribution is 6.08. The minimum absolute atomic E-state index is 0.0509. The summed E-state index contributed by atoms with van der Waals surface area (Å²) in [6.45, 7) is 0. The summed E-state index contributed by atoms with van der Waals surface area (Å²) < 4.78 is 0. The van der Waals surface area contributed by atoms with E-state index < -0.39 is 0 Å². The number of rotatable bonds is 3. The van der Waals surface area contributed by atoms with E-state index in [2.05, 4.69) is 6.08 Å². The Bertz CT molecular complexity index is 631. The van der Waals surface area contributed by atoms with Crippen LogP contribution in [0.1, 0.15) is 36.0 Å². The lowest BCUT2D eigenvalue weighted by Gasteiger charge is -2.28. The van der Waals surface area contributed by atoms with E-state index in [4.69, 9.17) is 0 Å². The predicted octanol–water partition coefficient (Wildman–Crippen LogP) is 4.79. The number of para-hydroxylation sites is 1. The van der Waals surface area contributed by atoms with Gasteiger partial charge in [-0.2, -0.15) is 0 Å². The Labute approximate surface area is 125 Å². The molecule has 0 unspecified atom stereocenters. The Hall–Kier alpha value is -2.35. The van der Waals surface area contributed by atoms with Gasteiger partial charge < -0.3 is 0 Å². The zero-order chi connectivity index (χ0) is 14.5. The summed E-state index contributed by atoms with van der Waals surface area (Å²) in [6, 6.07) is 19.4. The van der Waals surface area contributed by atoms with Crippen molar-refractivity contribution in [2.24, 2.45) is 0 Å². The normalized spacial score (nSPS) is 14.4. The molecule has 0 aromatic heterocycles. The van der Waals surface area contributed by atoms with Crippen LogP contribution in [-0.4, -0.2) is 5.91 Å². The highest BCUT2D eigenvalue weighted by Crippen LogP contribution is 2.28. The van der Waals surface area contributed by atoms with E-state index in [0.29, 0.717) is 0 Å². The number of allylic oxidation sites excluding steroid dienone is 2. The number of hydrogen-bond acceptors (Lipinski definition) is 1. The summed E-state index contributed by atoms with van der Waals surface area (Å²) in [5.41, 5.74) is 2.80. The molecule has 0 spiro atoms. The third kappa shape index (κ3) is 3.05. The number of carbonyl (C=O) groups excluding carboxylic acids is 1. The summed E-state index contributed by atoms with van der Waals surface area (Å²) in [6.07, 6.45) is 6.59. The lowest BCUT2D eigenvalue weighted by atomic mass is 10.0. The van der Waals surface area contributed by atoms with Crippen molar-refractivity contribution in [3.8, 4) is 0 Å². The van der Waals surface area contributed by atoms with E-state index in [-0.39, 0.29) is 5.91 Å². The average Bonchev–Trinajstić information content (AvgIpc) is 2.58. The molecule has 2 aromatic carbocycles. The van der Waals surface area contributed by atoms with Gasteiger partial charge in [0.1, 0.15) is 0 Å². The Morgan fingerprint density at radius 3 is 2.14 bits per heavy atom. The van der Waals surface area contributed by atoms with Crippen molar-refractivity contribution in [2.45, 2.75) is 25.7 Å². The van der Waals surface area contributed by atoms with Gasteiger partial charge in [0.05, 0.1) is 0 Å². The average molecular weight is 277 g/mol. The van der Waals surface area contributed by atoms with Crippen molar-refractivity contribution in [2.75, 3.05) is 4.90 Å². The van der Waals surface area contributed by atoms with Crippen LogP contribution in [0.3, 0.4) is 0 Å². The predicted molar refractivity (Wildman–Crippen MR) is 86.2 cm³/mol. The molecule has 0 aliphatic heterocycles. The van der Waals surface area contributed by atoms with Gasteiger partial charge in [-0.1, -0.05) is 42.5 Å². The van der Waals surface area contributed by atoms with Crippen LogP contribution < -0.4 is 4.90 Å². The molecular formula is C19H19NO. The molecule has 0 saturated carbocycles. The maximum atomic E-state index is 12.9. The number of nitrogens with zero attached hydrogens (tertiary/aromatic N) is 1. The third-order valence-corrected chi connectivity index (χ3v) is 3.79. The Morgan fingerprint density at radius 2 is 1.52 bits per heavy atom. The molecule has 0 radical (unpaired) electrons. The molecular weight excluding hydrogens is 258 g/mol. The molecule has 2 heteroatoms. The van der Waals surface area contributed by atoms with Crippen molar-refractivity contribution in [1.29, 1.82) is 0 Å². The van der Waals surface area contributed by atoms with Gasteiger partial charge in [0.2, 0.25) is 0 Å². The number of carbonyl (C=O) groups is 1. The van der Waals surface area contributed by atoms with Crippen LogP contribution >= 0.6 is 0 Å². The molecule has 0 fully saturated rings. The zero-order valence-electron chi connectivity index (χ0n) is 12.0. The van der Waals surface area contributed by atoms with Crippen LogP contribution in [0, 0.1) is 0 Å². The largest absolute Gasteiger partial charge is 0.281 e. The summed E-state index contributed by atoms with van der Waals surface area (Å²) in [7, 11) is 0. The van der Waals surface area contributed by atoms with Crippen LogP contribution in [0.25, 0.3) is 0 Å². The van der Waals surface area contributed by atoms with Gasteiger partial charge in [-0.05, 0) is 49.9 Å². The van der Waals surface area contributed by atoms with Gasteiger partial charge in [-0.25, -0.2) is 0 Å². The van der Waals surface area contributed by atoms with Crippen molar-refractivity contribution in [1.82, 2.24) is 0 Å². The quantitative estimate of drug-likeness (QED) is 0.789. The van der Waals surface area contributed by atoms with E-state index in [1.165, 1.54) is 6.42 Å². The standard InChI is InChI=1S/C19H19NO/c21-19(16-10-4-1-5-11-16)20(17-12-6-2-7-13-17)18-14-8-3-9-15-18/h1-2,4-7,10-14H,3,8-9,15H2. The van der Waals surface area contributed by atoms with E-state index in [1.54, 1.807) is 0 Å². The minimum Gasteiger partial charge on any atom is -0.281 e. The fraction of sp³-hybridized carbons (Fsp3) is 0.211. The van der Waals surface area contributed by atoms with Crippen LogP contribution in [-0.2, 0) is 0 Å². The van der Waals surface area contributed by atoms with Gasteiger partial charge in [0.25, 0.3) is 5.91 Å². The minimum atomic E-state index is 0.0509. The maximum absolute atomic E-state index is 12.9. The summed E-state index contributed by atoms with van der Waals surface area (Å²) in [5, 5.41) is 0. The van der Waals surface area contributed by atoms with Crippen LogP contribution in [0.2, 0.25) is 0 Å². The van der Waals surface area contributed by atoms with Gasteiger partial charge in [0, 0.05) is 16.9 Å². The highest BCUT2D eigenvalue weighted by Gasteiger charge is 2.22. The second kappa shape index (κ2) is 6.40. The van der Waals surface area contributed by atoms with Crippen molar-refractivity contribution in [3.63, 3.8) is 0 Å². The number of hydrogen-bond donors (Lipinski definition) is 0. The third-order valence-electron chi connectivity index (χ3n) is 3.79. The van der Waals surface area contributed by atoms with Crippen molar-refractivity contribution in [3.05, 3.63) is 78.0 Å². The topological polar surface area (TPSA) is 20.3 Å². The first-order valence-corrected chi connectivity index (χ1v) is 7.50. The highest BCUT2D eigenvalue weighted by atomic mass is 16.2. The maximum Gasteiger partial charge on any atom is 0.262 e. The van der Waals surface area contributed by atoms with E-state index >= 15 is 0 Å². The second-order valence-corrected chi connectivity index (χ2v) is 5.28. The number of amides is 1. The van der Waals surface area contributed by atoms with E-state index in [0.717, 1.165) is 36.2 Å². The summed E-state index contributed by atoms with van der Waals surface area (Å²) in [4.78, 5) is 14.8. The summed E-state index contributed by atoms with van der Waals surface area (Å²) in [5.74, 6) is 0.0509. The molecule has 1 aliphatic carbocycles. The Morgan fingerprint density at radius 1 is 0.857 bits per heavy atom. The van der Waals surface area contributed by atoms with Crippen molar-refractivity contribution >= 4 is 11.6 Å². The molecule has 3 rings (SSSR count). The first kappa shape index (κ1) is 13.6. The molecule has 0 N–H and O–H groups in total. The first-order chi connectivity index (χ1) is 10.4. The van der Waals surface area contributed by atoms with Gasteiger partial charge in [-0.3, -0.25) is 9.69 Å². The first-order valence-electron chi connectivity index (χ1n) is 7.50. The molecule has 2 aromatic rings. The van der Waals surface area contributed by atoms with Gasteiger partial charge in [-0.15, -0.1) is 0 Å². The Balaban J connectivity index is 2.00. The number of anilines is 1. The molecule has 0 saturated heterocycles. The number of benzene rings is 2. The van der Waals surface area contributed by atoms with Crippen LogP contribution in [0.4, 0.5) is 5.69 Å². The van der Waals surface area contributed by atoms with Gasteiger partial charge >= 0.3 is 0 Å². The zero-order valence-corrected chi connectivity index (χ0v) is 12.0. The second-order valence-electron chi connectivity index (χ2n) is 5.28. The molecule has 2 nitrogen and oxygen atoms in total. The van der Waals surface area contributed by atoms with Crippen LogP contribution in [0.5, 0.6) is 0 Å². The molecule has 21 heavy (non-hydrogen) atoms. The van der Waals surface area contributed by atoms with Crippen LogP contribution in [0.15, 0.2) is 72.4 Å². The molecule has 106 valence electrons. The fourth-order valence-corrected chi connectivity index (χ4v) is 2.72. The monoisotopic (exact) mass is 277 g/mol. The van der Waals surface area contributed by atoms with E-state index in [1.807, 2.05) is 65.6 Å². The molecule has 0 heterocycles. The molecule has 1 aliphatic rings. The smallest absolute Gasteiger partial charge is 0.262 e. The Kier molecular flexibility index (Phi) is 4.15. The van der Waals surface area contributed by atoms with Gasteiger partial charge in [0.15, 0.2) is 0 Å². The lowest BCUT2D eigenvalue weighted by Crippen LogP contribution is -2.31. The molecule has 1 amide bonds. The molecule has 0 bridgehead atoms. The lowest BCUT2D eigenvalue weighted by molar-refractivity contribution is 0.0993. The SMILES string of the molecule is O=C(c1ccccc1)N(C1=CCCCC1)c1ccccc1. The molecule has 0 atom stereocenters. The van der Waals surface area contributed by atoms with E-state index in [9.17, 15) is 4.79 Å². The summed E-state index contributed by atoms with van der Waals surface area (Å²) >= 11 is 0.